The van der Waals surface area contributed by atoms with E-state index in [1.807, 2.05) is 6.07 Å². The van der Waals surface area contributed by atoms with Gasteiger partial charge in [-0.1, -0.05) is 115 Å². The zero-order chi connectivity index (χ0) is 25.5. The van der Waals surface area contributed by atoms with Crippen molar-refractivity contribution in [3.8, 4) is 22.3 Å². The predicted octanol–water partition coefficient (Wildman–Crippen LogP) is 11.0. The van der Waals surface area contributed by atoms with Gasteiger partial charge in [0.05, 0.1) is 0 Å². The van der Waals surface area contributed by atoms with Crippen molar-refractivity contribution in [2.24, 2.45) is 0 Å². The molecule has 180 valence electrons. The van der Waals surface area contributed by atoms with Crippen molar-refractivity contribution in [1.82, 2.24) is 0 Å². The number of rotatable bonds is 2. The molecule has 0 aliphatic heterocycles. The van der Waals surface area contributed by atoms with E-state index >= 15 is 0 Å². The van der Waals surface area contributed by atoms with Gasteiger partial charge in [-0.15, -0.1) is 0 Å². The lowest BCUT2D eigenvalue weighted by Gasteiger charge is -2.16. The highest BCUT2D eigenvalue weighted by Gasteiger charge is 2.19. The molecule has 0 saturated heterocycles. The van der Waals surface area contributed by atoms with Gasteiger partial charge in [0.15, 0.2) is 0 Å². The molecule has 0 amide bonds. The first-order chi connectivity index (χ1) is 19.3. The van der Waals surface area contributed by atoms with Crippen LogP contribution in [-0.2, 0) is 0 Å². The van der Waals surface area contributed by atoms with Crippen molar-refractivity contribution in [3.63, 3.8) is 0 Å². The molecule has 0 bridgehead atoms. The molecule has 0 aliphatic rings. The first-order valence-corrected chi connectivity index (χ1v) is 13.4. The maximum Gasteiger partial charge on any atom is 0.136 e. The Balaban J connectivity index is 1.45. The number of furan rings is 1. The zero-order valence-electron chi connectivity index (χ0n) is 21.1. The van der Waals surface area contributed by atoms with Crippen molar-refractivity contribution in [3.05, 3.63) is 133 Å². The van der Waals surface area contributed by atoms with E-state index in [1.165, 1.54) is 70.7 Å². The summed E-state index contributed by atoms with van der Waals surface area (Å²) >= 11 is 0. The van der Waals surface area contributed by atoms with Gasteiger partial charge in [0, 0.05) is 10.8 Å². The molecular formula is C38H22O. The van der Waals surface area contributed by atoms with E-state index in [4.69, 9.17) is 4.42 Å². The summed E-state index contributed by atoms with van der Waals surface area (Å²) < 4.78 is 6.51. The van der Waals surface area contributed by atoms with Crippen LogP contribution in [0, 0.1) is 0 Å². The summed E-state index contributed by atoms with van der Waals surface area (Å²) in [4.78, 5) is 0. The molecule has 0 radical (unpaired) electrons. The lowest BCUT2D eigenvalue weighted by atomic mass is 9.87. The largest absolute Gasteiger partial charge is 0.456 e. The highest BCUT2D eigenvalue weighted by Crippen LogP contribution is 2.45. The SMILES string of the molecule is c1ccc2c(-c3cc(-c4ccc5ccc6cccc7ccc4c5c67)c4c(c3)oc3ccccc34)cccc2c1. The second-order valence-corrected chi connectivity index (χ2v) is 10.5. The van der Waals surface area contributed by atoms with E-state index in [0.29, 0.717) is 0 Å². The molecule has 0 unspecified atom stereocenters. The second kappa shape index (κ2) is 7.69. The number of para-hydroxylation sites is 1. The minimum absolute atomic E-state index is 0.918. The summed E-state index contributed by atoms with van der Waals surface area (Å²) in [7, 11) is 0. The van der Waals surface area contributed by atoms with Crippen LogP contribution in [0.4, 0.5) is 0 Å². The van der Waals surface area contributed by atoms with Crippen molar-refractivity contribution in [2.75, 3.05) is 0 Å². The van der Waals surface area contributed by atoms with Crippen molar-refractivity contribution in [2.45, 2.75) is 0 Å². The van der Waals surface area contributed by atoms with Gasteiger partial charge in [-0.05, 0) is 83.5 Å². The Kier molecular flexibility index (Phi) is 4.11. The quantitative estimate of drug-likeness (QED) is 0.218. The second-order valence-electron chi connectivity index (χ2n) is 10.5. The van der Waals surface area contributed by atoms with Gasteiger partial charge >= 0.3 is 0 Å². The third-order valence-electron chi connectivity index (χ3n) is 8.40. The molecule has 0 aliphatic carbocycles. The van der Waals surface area contributed by atoms with E-state index in [-0.39, 0.29) is 0 Å². The average molecular weight is 495 g/mol. The highest BCUT2D eigenvalue weighted by molar-refractivity contribution is 6.27. The lowest BCUT2D eigenvalue weighted by Crippen LogP contribution is -1.89. The van der Waals surface area contributed by atoms with Crippen LogP contribution >= 0.6 is 0 Å². The summed E-state index contributed by atoms with van der Waals surface area (Å²) in [5.74, 6) is 0. The van der Waals surface area contributed by atoms with E-state index in [0.717, 1.165) is 16.6 Å². The average Bonchev–Trinajstić information content (AvgIpc) is 3.38. The minimum Gasteiger partial charge on any atom is -0.456 e. The summed E-state index contributed by atoms with van der Waals surface area (Å²) in [6, 6.07) is 48.4. The number of hydrogen-bond donors (Lipinski definition) is 0. The fraction of sp³-hybridized carbons (Fsp3) is 0. The van der Waals surface area contributed by atoms with Crippen LogP contribution < -0.4 is 0 Å². The smallest absolute Gasteiger partial charge is 0.136 e. The van der Waals surface area contributed by atoms with Crippen LogP contribution in [0.1, 0.15) is 0 Å². The molecule has 0 atom stereocenters. The molecule has 1 nitrogen and oxygen atoms in total. The number of benzene rings is 8. The van der Waals surface area contributed by atoms with Crippen molar-refractivity contribution < 1.29 is 4.42 Å². The summed E-state index contributed by atoms with van der Waals surface area (Å²) in [5, 5.41) is 12.6. The van der Waals surface area contributed by atoms with E-state index < -0.39 is 0 Å². The normalized spacial score (nSPS) is 12.1. The highest BCUT2D eigenvalue weighted by atomic mass is 16.3. The van der Waals surface area contributed by atoms with E-state index in [9.17, 15) is 0 Å². The summed E-state index contributed by atoms with van der Waals surface area (Å²) in [5.41, 5.74) is 6.66. The zero-order valence-corrected chi connectivity index (χ0v) is 21.1. The monoisotopic (exact) mass is 494 g/mol. The van der Waals surface area contributed by atoms with Crippen LogP contribution in [0.2, 0.25) is 0 Å². The van der Waals surface area contributed by atoms with Crippen molar-refractivity contribution >= 4 is 65.0 Å². The molecule has 0 saturated carbocycles. The Bertz CT molecular complexity index is 2370. The Morgan fingerprint density at radius 1 is 0.333 bits per heavy atom. The molecule has 8 aromatic carbocycles. The van der Waals surface area contributed by atoms with Crippen LogP contribution in [0.5, 0.6) is 0 Å². The number of hydrogen-bond acceptors (Lipinski definition) is 1. The van der Waals surface area contributed by atoms with Gasteiger partial charge in [-0.3, -0.25) is 0 Å². The summed E-state index contributed by atoms with van der Waals surface area (Å²) in [6.45, 7) is 0. The Hall–Kier alpha value is -5.14. The molecule has 1 aromatic heterocycles. The van der Waals surface area contributed by atoms with Gasteiger partial charge < -0.3 is 4.42 Å². The van der Waals surface area contributed by atoms with Gasteiger partial charge in [0.2, 0.25) is 0 Å². The first-order valence-electron chi connectivity index (χ1n) is 13.4. The summed E-state index contributed by atoms with van der Waals surface area (Å²) in [6.07, 6.45) is 0. The molecule has 1 heterocycles. The molecule has 1 heteroatoms. The molecule has 9 aromatic rings. The maximum atomic E-state index is 6.51. The third kappa shape index (κ3) is 2.90. The van der Waals surface area contributed by atoms with Gasteiger partial charge in [-0.2, -0.15) is 0 Å². The molecular weight excluding hydrogens is 472 g/mol. The van der Waals surface area contributed by atoms with Crippen LogP contribution in [0.15, 0.2) is 138 Å². The molecule has 39 heavy (non-hydrogen) atoms. The van der Waals surface area contributed by atoms with Crippen LogP contribution in [0.3, 0.4) is 0 Å². The van der Waals surface area contributed by atoms with Crippen LogP contribution in [-0.4, -0.2) is 0 Å². The van der Waals surface area contributed by atoms with Gasteiger partial charge in [0.1, 0.15) is 11.2 Å². The standard InChI is InChI=1S/C38H22O/c1-2-11-28-23(7-1)8-6-13-29(28)27-21-33(38-32-12-3-4-14-34(32)39-35(38)22-27)30-19-17-26-16-15-24-9-5-10-25-18-20-31(30)37(26)36(24)25/h1-22H. The fourth-order valence-electron chi connectivity index (χ4n) is 6.67. The van der Waals surface area contributed by atoms with E-state index in [1.54, 1.807) is 0 Å². The molecule has 9 rings (SSSR count). The third-order valence-corrected chi connectivity index (χ3v) is 8.40. The Morgan fingerprint density at radius 3 is 1.90 bits per heavy atom. The van der Waals surface area contributed by atoms with Gasteiger partial charge in [0.25, 0.3) is 0 Å². The minimum atomic E-state index is 0.918. The molecule has 0 N–H and O–H groups in total. The predicted molar refractivity (Wildman–Crippen MR) is 166 cm³/mol. The van der Waals surface area contributed by atoms with Crippen molar-refractivity contribution in [1.29, 1.82) is 0 Å². The first kappa shape index (κ1) is 20.9. The van der Waals surface area contributed by atoms with Gasteiger partial charge in [-0.25, -0.2) is 0 Å². The fourth-order valence-corrected chi connectivity index (χ4v) is 6.67. The Morgan fingerprint density at radius 2 is 1.00 bits per heavy atom. The molecule has 0 spiro atoms. The lowest BCUT2D eigenvalue weighted by molar-refractivity contribution is 0.669. The maximum absolute atomic E-state index is 6.51. The van der Waals surface area contributed by atoms with E-state index in [2.05, 4.69) is 127 Å². The topological polar surface area (TPSA) is 13.1 Å². The molecule has 0 fully saturated rings. The van der Waals surface area contributed by atoms with Crippen LogP contribution in [0.25, 0.3) is 87.3 Å². The number of fused-ring (bicyclic) bond motifs is 4. The Labute approximate surface area is 224 Å².